The van der Waals surface area contributed by atoms with E-state index in [2.05, 4.69) is 15.5 Å². The molecular weight excluding hydrogens is 218 g/mol. The Labute approximate surface area is 99.8 Å². The molecule has 2 aromatic rings. The number of hydrogen-bond donors (Lipinski definition) is 1. The lowest BCUT2D eigenvalue weighted by Crippen LogP contribution is -2.05. The minimum absolute atomic E-state index is 0.299. The fraction of sp³-hybridized carbons (Fsp3) is 0.333. The van der Waals surface area contributed by atoms with Gasteiger partial charge in [-0.15, -0.1) is 0 Å². The van der Waals surface area contributed by atoms with Crippen molar-refractivity contribution in [3.63, 3.8) is 0 Å². The number of hydrogen-bond acceptors (Lipinski definition) is 5. The Morgan fingerprint density at radius 3 is 2.76 bits per heavy atom. The van der Waals surface area contributed by atoms with Gasteiger partial charge in [-0.2, -0.15) is 4.98 Å². The first-order valence-electron chi connectivity index (χ1n) is 5.50. The van der Waals surface area contributed by atoms with Crippen molar-refractivity contribution in [2.75, 3.05) is 19.0 Å². The summed E-state index contributed by atoms with van der Waals surface area (Å²) in [7, 11) is 1.63. The van der Waals surface area contributed by atoms with Crippen LogP contribution < -0.4 is 5.32 Å². The number of benzene rings is 1. The van der Waals surface area contributed by atoms with Crippen molar-refractivity contribution in [3.8, 4) is 0 Å². The smallest absolute Gasteiger partial charge is 0.321 e. The molecule has 17 heavy (non-hydrogen) atoms. The predicted octanol–water partition coefficient (Wildman–Crippen LogP) is 2.24. The number of nitrogens with zero attached hydrogens (tertiary/aromatic N) is 2. The van der Waals surface area contributed by atoms with Crippen LogP contribution >= 0.6 is 0 Å². The van der Waals surface area contributed by atoms with Gasteiger partial charge in [0.15, 0.2) is 0 Å². The monoisotopic (exact) mass is 233 g/mol. The molecule has 0 saturated heterocycles. The first-order valence-corrected chi connectivity index (χ1v) is 5.50. The van der Waals surface area contributed by atoms with Gasteiger partial charge in [0.05, 0.1) is 0 Å². The summed E-state index contributed by atoms with van der Waals surface area (Å²) in [6.07, 6.45) is -0.299. The highest BCUT2D eigenvalue weighted by Crippen LogP contribution is 2.23. The fourth-order valence-electron chi connectivity index (χ4n) is 1.58. The van der Waals surface area contributed by atoms with Crippen LogP contribution in [-0.2, 0) is 4.74 Å². The van der Waals surface area contributed by atoms with E-state index in [9.17, 15) is 0 Å². The lowest BCUT2D eigenvalue weighted by molar-refractivity contribution is 0.126. The normalized spacial score (nSPS) is 12.4. The van der Waals surface area contributed by atoms with E-state index in [1.54, 1.807) is 7.11 Å². The predicted molar refractivity (Wildman–Crippen MR) is 63.8 cm³/mol. The van der Waals surface area contributed by atoms with Gasteiger partial charge in [0, 0.05) is 13.7 Å². The van der Waals surface area contributed by atoms with Gasteiger partial charge in [-0.3, -0.25) is 0 Å². The van der Waals surface area contributed by atoms with E-state index in [1.807, 2.05) is 37.3 Å². The van der Waals surface area contributed by atoms with Gasteiger partial charge in [-0.05, 0) is 12.5 Å². The first-order chi connectivity index (χ1) is 8.35. The van der Waals surface area contributed by atoms with Crippen LogP contribution in [0.15, 0.2) is 34.9 Å². The lowest BCUT2D eigenvalue weighted by atomic mass is 10.1. The molecule has 5 heteroatoms. The van der Waals surface area contributed by atoms with Crippen LogP contribution in [0.1, 0.15) is 24.4 Å². The van der Waals surface area contributed by atoms with E-state index in [-0.39, 0.29) is 6.10 Å². The van der Waals surface area contributed by atoms with Crippen molar-refractivity contribution in [2.45, 2.75) is 13.0 Å². The van der Waals surface area contributed by atoms with Gasteiger partial charge in [0.1, 0.15) is 6.10 Å². The molecule has 0 aliphatic heterocycles. The van der Waals surface area contributed by atoms with E-state index in [4.69, 9.17) is 9.26 Å². The van der Waals surface area contributed by atoms with Crippen LogP contribution in [0.2, 0.25) is 0 Å². The van der Waals surface area contributed by atoms with E-state index >= 15 is 0 Å². The van der Waals surface area contributed by atoms with Crippen LogP contribution in [0, 0.1) is 0 Å². The number of ether oxygens (including phenoxy) is 1. The molecule has 1 heterocycles. The molecule has 0 spiro atoms. The summed E-state index contributed by atoms with van der Waals surface area (Å²) in [5.41, 5.74) is 0.999. The van der Waals surface area contributed by atoms with Crippen LogP contribution in [0.25, 0.3) is 0 Å². The van der Waals surface area contributed by atoms with Crippen molar-refractivity contribution in [1.29, 1.82) is 0 Å². The zero-order valence-corrected chi connectivity index (χ0v) is 9.88. The van der Waals surface area contributed by atoms with Crippen molar-refractivity contribution in [3.05, 3.63) is 41.7 Å². The number of rotatable bonds is 5. The molecule has 0 saturated carbocycles. The highest BCUT2D eigenvalue weighted by atomic mass is 16.5. The van der Waals surface area contributed by atoms with E-state index in [1.165, 1.54) is 0 Å². The summed E-state index contributed by atoms with van der Waals surface area (Å²) >= 11 is 0. The second-order valence-corrected chi connectivity index (χ2v) is 3.51. The molecule has 5 nitrogen and oxygen atoms in total. The van der Waals surface area contributed by atoms with E-state index < -0.39 is 0 Å². The Hall–Kier alpha value is -1.88. The Morgan fingerprint density at radius 2 is 2.12 bits per heavy atom. The van der Waals surface area contributed by atoms with Gasteiger partial charge in [0.2, 0.25) is 5.82 Å². The fourth-order valence-corrected chi connectivity index (χ4v) is 1.58. The van der Waals surface area contributed by atoms with Gasteiger partial charge in [0.25, 0.3) is 0 Å². The number of anilines is 1. The van der Waals surface area contributed by atoms with Crippen LogP contribution in [0.5, 0.6) is 0 Å². The molecule has 0 fully saturated rings. The van der Waals surface area contributed by atoms with Crippen LogP contribution in [0.4, 0.5) is 6.01 Å². The molecule has 0 radical (unpaired) electrons. The summed E-state index contributed by atoms with van der Waals surface area (Å²) < 4.78 is 10.5. The molecule has 1 aromatic carbocycles. The third kappa shape index (κ3) is 2.62. The van der Waals surface area contributed by atoms with Gasteiger partial charge >= 0.3 is 6.01 Å². The molecule has 90 valence electrons. The van der Waals surface area contributed by atoms with Gasteiger partial charge in [-0.1, -0.05) is 35.5 Å². The summed E-state index contributed by atoms with van der Waals surface area (Å²) in [6.45, 7) is 2.71. The van der Waals surface area contributed by atoms with Crippen LogP contribution in [-0.4, -0.2) is 23.8 Å². The third-order valence-electron chi connectivity index (χ3n) is 2.34. The number of nitrogens with one attached hydrogen (secondary N) is 1. The third-order valence-corrected chi connectivity index (χ3v) is 2.34. The van der Waals surface area contributed by atoms with E-state index in [0.717, 1.165) is 12.1 Å². The molecule has 1 unspecified atom stereocenters. The average molecular weight is 233 g/mol. The highest BCUT2D eigenvalue weighted by molar-refractivity contribution is 5.25. The van der Waals surface area contributed by atoms with Crippen molar-refractivity contribution < 1.29 is 9.26 Å². The minimum atomic E-state index is -0.299. The zero-order valence-electron chi connectivity index (χ0n) is 9.88. The molecule has 0 bridgehead atoms. The lowest BCUT2D eigenvalue weighted by Gasteiger charge is -2.10. The highest BCUT2D eigenvalue weighted by Gasteiger charge is 2.19. The topological polar surface area (TPSA) is 60.2 Å². The summed E-state index contributed by atoms with van der Waals surface area (Å²) in [5.74, 6) is 0.523. The van der Waals surface area contributed by atoms with Crippen molar-refractivity contribution in [2.24, 2.45) is 0 Å². The Bertz CT molecular complexity index is 456. The molecule has 1 atom stereocenters. The van der Waals surface area contributed by atoms with E-state index in [0.29, 0.717) is 11.8 Å². The SMILES string of the molecule is CCNc1nc(C(OC)c2ccccc2)no1. The maximum atomic E-state index is 5.40. The number of aromatic nitrogens is 2. The molecule has 0 aliphatic carbocycles. The van der Waals surface area contributed by atoms with Crippen molar-refractivity contribution >= 4 is 6.01 Å². The van der Waals surface area contributed by atoms with Crippen LogP contribution in [0.3, 0.4) is 0 Å². The van der Waals surface area contributed by atoms with Gasteiger partial charge in [-0.25, -0.2) is 0 Å². The second-order valence-electron chi connectivity index (χ2n) is 3.51. The molecule has 0 aliphatic rings. The summed E-state index contributed by atoms with van der Waals surface area (Å²) in [5, 5.41) is 6.87. The summed E-state index contributed by atoms with van der Waals surface area (Å²) in [4.78, 5) is 4.23. The quantitative estimate of drug-likeness (QED) is 0.858. The standard InChI is InChI=1S/C12H15N3O2/c1-3-13-12-14-11(15-17-12)10(16-2)9-7-5-4-6-8-9/h4-8,10H,3H2,1-2H3,(H,13,14,15). The first kappa shape index (κ1) is 11.6. The molecule has 1 N–H and O–H groups in total. The summed E-state index contributed by atoms with van der Waals surface area (Å²) in [6, 6.07) is 10.2. The molecule has 0 amide bonds. The Kier molecular flexibility index (Phi) is 3.72. The van der Waals surface area contributed by atoms with Gasteiger partial charge < -0.3 is 14.6 Å². The minimum Gasteiger partial charge on any atom is -0.369 e. The maximum Gasteiger partial charge on any atom is 0.321 e. The largest absolute Gasteiger partial charge is 0.369 e. The second kappa shape index (κ2) is 5.45. The maximum absolute atomic E-state index is 5.40. The Morgan fingerprint density at radius 1 is 1.35 bits per heavy atom. The number of methoxy groups -OCH3 is 1. The molecular formula is C12H15N3O2. The Balaban J connectivity index is 2.23. The average Bonchev–Trinajstić information content (AvgIpc) is 2.81. The molecule has 2 rings (SSSR count). The van der Waals surface area contributed by atoms with Crippen molar-refractivity contribution in [1.82, 2.24) is 10.1 Å². The molecule has 1 aromatic heterocycles. The zero-order chi connectivity index (χ0) is 12.1.